The molecule has 3 aromatic carbocycles. The molecule has 3 aromatic rings. The third-order valence-corrected chi connectivity index (χ3v) is 4.73. The lowest BCUT2D eigenvalue weighted by atomic mass is 9.93. The van der Waals surface area contributed by atoms with Crippen molar-refractivity contribution in [1.29, 1.82) is 0 Å². The molecule has 4 rings (SSSR count). The Morgan fingerprint density at radius 3 is 2.04 bits per heavy atom. The highest BCUT2D eigenvalue weighted by Crippen LogP contribution is 2.39. The van der Waals surface area contributed by atoms with Crippen molar-refractivity contribution in [3.8, 4) is 11.1 Å². The Morgan fingerprint density at radius 2 is 1.40 bits per heavy atom. The second-order valence-corrected chi connectivity index (χ2v) is 6.33. The van der Waals surface area contributed by atoms with Gasteiger partial charge in [0.2, 0.25) is 0 Å². The van der Waals surface area contributed by atoms with E-state index in [0.717, 1.165) is 11.3 Å². The fourth-order valence-corrected chi connectivity index (χ4v) is 3.41. The van der Waals surface area contributed by atoms with Gasteiger partial charge in [-0.1, -0.05) is 72.8 Å². The van der Waals surface area contributed by atoms with Gasteiger partial charge in [0.1, 0.15) is 0 Å². The Bertz CT molecular complexity index is 802. The Balaban J connectivity index is 1.66. The zero-order chi connectivity index (χ0) is 17.1. The highest BCUT2D eigenvalue weighted by molar-refractivity contribution is 5.63. The molecule has 0 saturated carbocycles. The van der Waals surface area contributed by atoms with Crippen LogP contribution in [0.2, 0.25) is 0 Å². The van der Waals surface area contributed by atoms with Crippen molar-refractivity contribution < 1.29 is 9.94 Å². The van der Waals surface area contributed by atoms with Gasteiger partial charge in [-0.2, -0.15) is 0 Å². The molecule has 3 heteroatoms. The second kappa shape index (κ2) is 7.09. The van der Waals surface area contributed by atoms with Gasteiger partial charge in [-0.05, 0) is 28.8 Å². The number of para-hydroxylation sites is 1. The maximum absolute atomic E-state index is 9.79. The largest absolute Gasteiger partial charge is 0.396 e. The van der Waals surface area contributed by atoms with Crippen LogP contribution < -0.4 is 5.06 Å². The molecule has 0 spiro atoms. The third kappa shape index (κ3) is 3.16. The summed E-state index contributed by atoms with van der Waals surface area (Å²) in [4.78, 5) is 5.90. The third-order valence-electron chi connectivity index (χ3n) is 4.73. The SMILES string of the molecule is OCC1CON(c2ccccc2)C1c1ccc(-c2ccccc2)cc1. The molecular weight excluding hydrogens is 310 g/mol. The average molecular weight is 331 g/mol. The fraction of sp³-hybridized carbons (Fsp3) is 0.182. The molecule has 1 aliphatic heterocycles. The predicted molar refractivity (Wildman–Crippen MR) is 100 cm³/mol. The van der Waals surface area contributed by atoms with E-state index in [2.05, 4.69) is 36.4 Å². The summed E-state index contributed by atoms with van der Waals surface area (Å²) < 4.78 is 0. The Kier molecular flexibility index (Phi) is 4.51. The minimum absolute atomic E-state index is 0.0113. The number of nitrogens with zero attached hydrogens (tertiary/aromatic N) is 1. The number of rotatable bonds is 4. The summed E-state index contributed by atoms with van der Waals surface area (Å²) in [6, 6.07) is 29.0. The van der Waals surface area contributed by atoms with Gasteiger partial charge in [0.25, 0.3) is 0 Å². The van der Waals surface area contributed by atoms with E-state index in [-0.39, 0.29) is 18.6 Å². The van der Waals surface area contributed by atoms with Gasteiger partial charge in [0.15, 0.2) is 0 Å². The Morgan fingerprint density at radius 1 is 0.800 bits per heavy atom. The first-order valence-electron chi connectivity index (χ1n) is 8.60. The van der Waals surface area contributed by atoms with Crippen LogP contribution in [0.15, 0.2) is 84.9 Å². The molecule has 2 unspecified atom stereocenters. The van der Waals surface area contributed by atoms with Gasteiger partial charge in [0.05, 0.1) is 24.9 Å². The highest BCUT2D eigenvalue weighted by atomic mass is 16.7. The van der Waals surface area contributed by atoms with E-state index in [1.165, 1.54) is 11.1 Å². The van der Waals surface area contributed by atoms with Crippen molar-refractivity contribution in [2.45, 2.75) is 6.04 Å². The van der Waals surface area contributed by atoms with Gasteiger partial charge in [-0.15, -0.1) is 0 Å². The molecule has 0 aromatic heterocycles. The van der Waals surface area contributed by atoms with Crippen LogP contribution in [0.3, 0.4) is 0 Å². The van der Waals surface area contributed by atoms with Crippen molar-refractivity contribution in [1.82, 2.24) is 0 Å². The maximum atomic E-state index is 9.79. The van der Waals surface area contributed by atoms with Crippen LogP contribution in [0.4, 0.5) is 5.69 Å². The lowest BCUT2D eigenvalue weighted by molar-refractivity contribution is 0.141. The van der Waals surface area contributed by atoms with E-state index < -0.39 is 0 Å². The number of hydroxylamine groups is 1. The van der Waals surface area contributed by atoms with E-state index >= 15 is 0 Å². The zero-order valence-electron chi connectivity index (χ0n) is 14.0. The first-order valence-corrected chi connectivity index (χ1v) is 8.60. The maximum Gasteiger partial charge on any atom is 0.0888 e. The quantitative estimate of drug-likeness (QED) is 0.766. The number of aliphatic hydroxyl groups excluding tert-OH is 1. The van der Waals surface area contributed by atoms with E-state index in [4.69, 9.17) is 4.84 Å². The normalized spacial score (nSPS) is 20.0. The van der Waals surface area contributed by atoms with Crippen LogP contribution in [0.25, 0.3) is 11.1 Å². The molecule has 126 valence electrons. The Hall–Kier alpha value is -2.62. The minimum atomic E-state index is 0.0113. The highest BCUT2D eigenvalue weighted by Gasteiger charge is 2.36. The van der Waals surface area contributed by atoms with E-state index in [1.54, 1.807) is 0 Å². The zero-order valence-corrected chi connectivity index (χ0v) is 14.0. The molecular formula is C22H21NO2. The molecule has 1 N–H and O–H groups in total. The summed E-state index contributed by atoms with van der Waals surface area (Å²) in [7, 11) is 0. The number of benzene rings is 3. The average Bonchev–Trinajstić information content (AvgIpc) is 3.13. The van der Waals surface area contributed by atoms with Crippen molar-refractivity contribution >= 4 is 5.69 Å². The summed E-state index contributed by atoms with van der Waals surface area (Å²) in [5, 5.41) is 11.7. The summed E-state index contributed by atoms with van der Waals surface area (Å²) >= 11 is 0. The van der Waals surface area contributed by atoms with Crippen LogP contribution in [-0.2, 0) is 4.84 Å². The van der Waals surface area contributed by atoms with E-state index in [1.807, 2.05) is 53.6 Å². The van der Waals surface area contributed by atoms with Crippen LogP contribution in [0.5, 0.6) is 0 Å². The summed E-state index contributed by atoms with van der Waals surface area (Å²) in [5.74, 6) is 0.0581. The molecule has 0 aliphatic carbocycles. The van der Waals surface area contributed by atoms with E-state index in [0.29, 0.717) is 6.61 Å². The van der Waals surface area contributed by atoms with Gasteiger partial charge in [0, 0.05) is 5.92 Å². The summed E-state index contributed by atoms with van der Waals surface area (Å²) in [5.41, 5.74) is 4.56. The van der Waals surface area contributed by atoms with Gasteiger partial charge >= 0.3 is 0 Å². The standard InChI is InChI=1S/C22H21NO2/c24-15-20-16-25-23(21-9-5-2-6-10-21)22(20)19-13-11-18(12-14-19)17-7-3-1-4-8-17/h1-14,20,22,24H,15-16H2. The monoisotopic (exact) mass is 331 g/mol. The fourth-order valence-electron chi connectivity index (χ4n) is 3.41. The molecule has 0 bridgehead atoms. The van der Waals surface area contributed by atoms with E-state index in [9.17, 15) is 5.11 Å². The predicted octanol–water partition coefficient (Wildman–Crippen LogP) is 4.46. The van der Waals surface area contributed by atoms with Crippen LogP contribution in [-0.4, -0.2) is 18.3 Å². The van der Waals surface area contributed by atoms with Gasteiger partial charge in [-0.25, -0.2) is 5.06 Å². The van der Waals surface area contributed by atoms with Crippen molar-refractivity contribution in [3.63, 3.8) is 0 Å². The summed E-state index contributed by atoms with van der Waals surface area (Å²) in [6.07, 6.45) is 0. The number of hydrogen-bond donors (Lipinski definition) is 1. The van der Waals surface area contributed by atoms with Crippen molar-refractivity contribution in [3.05, 3.63) is 90.5 Å². The van der Waals surface area contributed by atoms with Crippen molar-refractivity contribution in [2.24, 2.45) is 5.92 Å². The smallest absolute Gasteiger partial charge is 0.0888 e. The molecule has 3 nitrogen and oxygen atoms in total. The first-order chi connectivity index (χ1) is 12.4. The molecule has 1 heterocycles. The minimum Gasteiger partial charge on any atom is -0.396 e. The topological polar surface area (TPSA) is 32.7 Å². The second-order valence-electron chi connectivity index (χ2n) is 6.33. The Labute approximate surface area is 148 Å². The van der Waals surface area contributed by atoms with Crippen LogP contribution in [0.1, 0.15) is 11.6 Å². The first kappa shape index (κ1) is 15.9. The van der Waals surface area contributed by atoms with Gasteiger partial charge < -0.3 is 5.11 Å². The molecule has 1 aliphatic rings. The lowest BCUT2D eigenvalue weighted by Gasteiger charge is -2.27. The number of hydrogen-bond acceptors (Lipinski definition) is 3. The van der Waals surface area contributed by atoms with Crippen molar-refractivity contribution in [2.75, 3.05) is 18.3 Å². The molecule has 1 fully saturated rings. The lowest BCUT2D eigenvalue weighted by Crippen LogP contribution is -2.25. The van der Waals surface area contributed by atoms with Crippen LogP contribution >= 0.6 is 0 Å². The number of aliphatic hydroxyl groups is 1. The molecule has 0 amide bonds. The molecule has 2 atom stereocenters. The molecule has 0 radical (unpaired) electrons. The molecule has 25 heavy (non-hydrogen) atoms. The summed E-state index contributed by atoms with van der Waals surface area (Å²) in [6.45, 7) is 0.630. The van der Waals surface area contributed by atoms with Crippen LogP contribution in [0, 0.1) is 5.92 Å². The van der Waals surface area contributed by atoms with Gasteiger partial charge in [-0.3, -0.25) is 4.84 Å². The molecule has 1 saturated heterocycles. The number of anilines is 1.